The number of fused-ring (bicyclic) bond motifs is 17. The van der Waals surface area contributed by atoms with Crippen molar-refractivity contribution >= 4 is 17.1 Å². The van der Waals surface area contributed by atoms with E-state index in [2.05, 4.69) is 280 Å². The number of nitrogens with zero attached hydrogens (tertiary/aromatic N) is 1. The molecule has 0 fully saturated rings. The second-order valence-corrected chi connectivity index (χ2v) is 22.5. The normalized spacial score (nSPS) is 17.1. The number of para-hydroxylation sites is 1. The van der Waals surface area contributed by atoms with Crippen LogP contribution < -0.4 is 4.90 Å². The van der Waals surface area contributed by atoms with Crippen molar-refractivity contribution in [1.29, 1.82) is 0 Å². The molecule has 0 radical (unpaired) electrons. The quantitative estimate of drug-likeness (QED) is 0.166. The lowest BCUT2D eigenvalue weighted by Crippen LogP contribution is -2.30. The molecule has 0 amide bonds. The minimum Gasteiger partial charge on any atom is -0.309 e. The number of hydrogen-bond donors (Lipinski definition) is 0. The molecule has 5 aliphatic rings. The molecule has 0 N–H and O–H groups in total. The largest absolute Gasteiger partial charge is 0.309 e. The van der Waals surface area contributed by atoms with Gasteiger partial charge in [-0.05, 0) is 178 Å². The first-order chi connectivity index (χ1) is 39.0. The van der Waals surface area contributed by atoms with Crippen LogP contribution >= 0.6 is 0 Å². The zero-order valence-corrected chi connectivity index (χ0v) is 43.9. The molecule has 4 aliphatic carbocycles. The summed E-state index contributed by atoms with van der Waals surface area (Å²) in [6.07, 6.45) is 0. The van der Waals surface area contributed by atoms with E-state index in [0.29, 0.717) is 0 Å². The number of benzene rings is 11. The van der Waals surface area contributed by atoms with Crippen LogP contribution in [0.15, 0.2) is 255 Å². The molecule has 79 heavy (non-hydrogen) atoms. The van der Waals surface area contributed by atoms with Gasteiger partial charge in [-0.3, -0.25) is 0 Å². The monoisotopic (exact) mass is 1000 g/mol. The molecule has 0 saturated carbocycles. The van der Waals surface area contributed by atoms with Gasteiger partial charge in [-0.15, -0.1) is 0 Å². The first kappa shape index (κ1) is 44.4. The molecule has 1 heteroatoms. The Labute approximate surface area is 462 Å². The second kappa shape index (κ2) is 16.6. The van der Waals surface area contributed by atoms with Gasteiger partial charge in [0, 0.05) is 28.9 Å². The Balaban J connectivity index is 0.974. The van der Waals surface area contributed by atoms with E-state index in [1.165, 1.54) is 151 Å². The maximum absolute atomic E-state index is 3.56. The number of anilines is 3. The van der Waals surface area contributed by atoms with Gasteiger partial charge in [-0.25, -0.2) is 0 Å². The van der Waals surface area contributed by atoms with E-state index in [-0.39, 0.29) is 17.8 Å². The number of rotatable bonds is 5. The Bertz CT molecular complexity index is 4500. The Hall–Kier alpha value is -9.74. The van der Waals surface area contributed by atoms with Crippen LogP contribution in [0.1, 0.15) is 101 Å². The fourth-order valence-corrected chi connectivity index (χ4v) is 15.5. The van der Waals surface area contributed by atoms with Crippen LogP contribution in [0.3, 0.4) is 0 Å². The molecule has 17 rings (SSSR count). The van der Waals surface area contributed by atoms with Gasteiger partial charge in [-0.2, -0.15) is 0 Å². The summed E-state index contributed by atoms with van der Waals surface area (Å²) in [7, 11) is 0. The lowest BCUT2D eigenvalue weighted by molar-refractivity contribution is 0.771. The van der Waals surface area contributed by atoms with E-state index in [9.17, 15) is 0 Å². The van der Waals surface area contributed by atoms with Gasteiger partial charge in [0.15, 0.2) is 0 Å². The molecule has 3 atom stereocenters. The summed E-state index contributed by atoms with van der Waals surface area (Å²) >= 11 is 0. The van der Waals surface area contributed by atoms with E-state index >= 15 is 0 Å². The van der Waals surface area contributed by atoms with E-state index in [4.69, 9.17) is 0 Å². The van der Waals surface area contributed by atoms with Crippen molar-refractivity contribution in [2.45, 2.75) is 37.0 Å². The maximum Gasteiger partial charge on any atom is 0.0725 e. The van der Waals surface area contributed by atoms with Gasteiger partial charge in [0.2, 0.25) is 0 Å². The van der Waals surface area contributed by atoms with Crippen LogP contribution in [-0.2, 0) is 5.41 Å². The molecular formula is C78H51N. The van der Waals surface area contributed by atoms with Gasteiger partial charge in [-0.1, -0.05) is 231 Å². The van der Waals surface area contributed by atoms with Crippen molar-refractivity contribution in [3.05, 3.63) is 350 Å². The topological polar surface area (TPSA) is 3.24 Å². The van der Waals surface area contributed by atoms with Gasteiger partial charge in [0.05, 0.1) is 22.5 Å². The molecule has 1 aliphatic heterocycles. The Morgan fingerprint density at radius 2 is 0.911 bits per heavy atom. The summed E-state index contributed by atoms with van der Waals surface area (Å²) in [5.74, 6) is -0.0419. The highest BCUT2D eigenvalue weighted by Crippen LogP contribution is 2.67. The van der Waals surface area contributed by atoms with Crippen LogP contribution in [0.2, 0.25) is 0 Å². The highest BCUT2D eigenvalue weighted by atomic mass is 15.2. The van der Waals surface area contributed by atoms with Crippen molar-refractivity contribution in [3.8, 4) is 55.6 Å². The minimum atomic E-state index is -0.579. The molecule has 1 heterocycles. The summed E-state index contributed by atoms with van der Waals surface area (Å²) in [6.45, 7) is 4.55. The van der Waals surface area contributed by atoms with Crippen molar-refractivity contribution in [3.63, 3.8) is 0 Å². The molecule has 368 valence electrons. The molecule has 0 bridgehead atoms. The Morgan fingerprint density at radius 1 is 0.329 bits per heavy atom. The average molecular weight is 1000 g/mol. The third-order valence-electron chi connectivity index (χ3n) is 18.5. The van der Waals surface area contributed by atoms with Crippen LogP contribution in [0.25, 0.3) is 55.6 Å². The number of hydrogen-bond acceptors (Lipinski definition) is 1. The smallest absolute Gasteiger partial charge is 0.0725 e. The fraction of sp³-hybridized carbons (Fsp3) is 0.0769. The summed E-state index contributed by atoms with van der Waals surface area (Å²) in [6, 6.07) is 104. The molecule has 0 saturated heterocycles. The molecule has 12 aromatic carbocycles. The maximum atomic E-state index is 3.56. The third kappa shape index (κ3) is 6.07. The first-order valence-electron chi connectivity index (χ1n) is 27.9. The van der Waals surface area contributed by atoms with E-state index in [1.807, 2.05) is 6.07 Å². The summed E-state index contributed by atoms with van der Waals surface area (Å²) in [5.41, 5.74) is 35.7. The van der Waals surface area contributed by atoms with Crippen LogP contribution in [0.4, 0.5) is 17.1 Å². The van der Waals surface area contributed by atoms with E-state index in [1.54, 1.807) is 0 Å². The highest BCUT2D eigenvalue weighted by Gasteiger charge is 2.54. The van der Waals surface area contributed by atoms with Crippen molar-refractivity contribution in [2.75, 3.05) is 4.90 Å². The molecule has 1 spiro atoms. The first-order valence-corrected chi connectivity index (χ1v) is 27.9. The zero-order chi connectivity index (χ0) is 52.1. The number of aryl methyl sites for hydroxylation is 2. The predicted octanol–water partition coefficient (Wildman–Crippen LogP) is 19.2. The van der Waals surface area contributed by atoms with Gasteiger partial charge in [0.25, 0.3) is 0 Å². The van der Waals surface area contributed by atoms with Gasteiger partial charge >= 0.3 is 0 Å². The summed E-state index contributed by atoms with van der Waals surface area (Å²) in [5, 5.41) is 0. The van der Waals surface area contributed by atoms with Crippen molar-refractivity contribution in [1.82, 2.24) is 0 Å². The minimum absolute atomic E-state index is 0.0392. The molecule has 3 unspecified atom stereocenters. The van der Waals surface area contributed by atoms with Crippen molar-refractivity contribution in [2.24, 2.45) is 0 Å². The van der Waals surface area contributed by atoms with Gasteiger partial charge < -0.3 is 4.90 Å². The SMILES string of the molecule is Cc1ccc2c(c1)N(c1ccccc1-c1ccccc1)c1cc(C)cc3c1C2c1cc2c(cc1C3c1ccccc1-c1c#cccc1)C1(c3ccccc3-c3ccc(C4c5ccccc5-c5ccccc54)cc31)c1ccccc1-2. The standard InChI is InChI=1S/C78H51N/c1-47-37-39-62-72(42-47)79(71-36-20-17-26-53(71)50-23-7-4-8-24-50)73-43-48(2)41-66-75(59-31-12-9-25-52(59)49-21-5-3-6-22-49)65-46-70-63(45-64(65)76(62)77(66)73)57-30-16-19-35-68(57)78(70)67-34-18-15-29-56(67)58-40-38-51(44-69(58)78)74-60-32-13-10-27-54(60)55-28-11-14-33-61(55)74/h3-5,7-21,23-46,74-76H,1-2H3. The molecule has 12 aromatic rings. The molecule has 0 aromatic heterocycles. The van der Waals surface area contributed by atoms with E-state index < -0.39 is 5.41 Å². The molecular weight excluding hydrogens is 951 g/mol. The second-order valence-electron chi connectivity index (χ2n) is 22.5. The average Bonchev–Trinajstić information content (AvgIpc) is 2.66. The Kier molecular flexibility index (Phi) is 9.35. The van der Waals surface area contributed by atoms with Gasteiger partial charge in [0.1, 0.15) is 0 Å². The predicted molar refractivity (Wildman–Crippen MR) is 323 cm³/mol. The van der Waals surface area contributed by atoms with Crippen molar-refractivity contribution < 1.29 is 0 Å². The lowest BCUT2D eigenvalue weighted by atomic mass is 9.63. The van der Waals surface area contributed by atoms with Crippen LogP contribution in [0.5, 0.6) is 0 Å². The highest BCUT2D eigenvalue weighted by molar-refractivity contribution is 5.99. The zero-order valence-electron chi connectivity index (χ0n) is 43.9. The third-order valence-corrected chi connectivity index (χ3v) is 18.5. The van der Waals surface area contributed by atoms with Crippen LogP contribution in [0, 0.1) is 26.0 Å². The Morgan fingerprint density at radius 3 is 1.63 bits per heavy atom. The fourth-order valence-electron chi connectivity index (χ4n) is 15.5. The van der Waals surface area contributed by atoms with Crippen LogP contribution in [-0.4, -0.2) is 0 Å². The summed E-state index contributed by atoms with van der Waals surface area (Å²) < 4.78 is 0. The molecule has 1 nitrogen and oxygen atoms in total. The lowest BCUT2D eigenvalue weighted by Gasteiger charge is -2.45. The van der Waals surface area contributed by atoms with E-state index in [0.717, 1.165) is 5.56 Å². The summed E-state index contributed by atoms with van der Waals surface area (Å²) in [4.78, 5) is 2.60.